The lowest BCUT2D eigenvalue weighted by atomic mass is 9.98. The Morgan fingerprint density at radius 3 is 1.75 bits per heavy atom. The van der Waals surface area contributed by atoms with Crippen LogP contribution in [-0.4, -0.2) is 89.7 Å². The fraction of sp³-hybridized carbons (Fsp3) is 0.909. The number of aliphatic hydroxyl groups is 3. The molecule has 0 aromatic rings. The molecule has 1 amide bonds. The topological polar surface area (TPSA) is 161 Å². The molecule has 0 radical (unpaired) electrons. The molecule has 1 rings (SSSR count). The Kier molecular flexibility index (Phi) is 23.2. The summed E-state index contributed by atoms with van der Waals surface area (Å²) < 4.78 is 22.4. The highest BCUT2D eigenvalue weighted by Crippen LogP contribution is 2.22. The van der Waals surface area contributed by atoms with E-state index in [4.69, 9.17) is 18.9 Å². The Balaban J connectivity index is 2.67. The van der Waals surface area contributed by atoms with Crippen molar-refractivity contribution in [1.29, 1.82) is 0 Å². The van der Waals surface area contributed by atoms with Gasteiger partial charge in [-0.25, -0.2) is 0 Å². The molecule has 6 atom stereocenters. The van der Waals surface area contributed by atoms with E-state index in [1.54, 1.807) is 0 Å². The minimum atomic E-state index is -1.59. The molecule has 1 heterocycles. The van der Waals surface area contributed by atoms with Crippen LogP contribution in [0.2, 0.25) is 0 Å². The summed E-state index contributed by atoms with van der Waals surface area (Å²) in [5, 5.41) is 34.1. The van der Waals surface area contributed by atoms with Crippen LogP contribution < -0.4 is 5.32 Å². The molecular weight excluding hydrogens is 570 g/mol. The molecule has 0 spiro atoms. The second kappa shape index (κ2) is 25.4. The van der Waals surface area contributed by atoms with E-state index in [9.17, 15) is 29.7 Å². The number of hydrogen-bond donors (Lipinski definition) is 4. The van der Waals surface area contributed by atoms with Gasteiger partial charge in [0.1, 0.15) is 31.0 Å². The maximum Gasteiger partial charge on any atom is 0.306 e. The first-order valence-corrected chi connectivity index (χ1v) is 17.2. The summed E-state index contributed by atoms with van der Waals surface area (Å²) in [5.74, 6) is -1.03. The standard InChI is InChI=1S/C33H61NO10/c1-4-7-10-13-16-19-27(35)34-22-26-30(38)31(39)32(40)33(44-26)42-24-25(43-29(37)21-18-15-12-9-6-3)23-41-28(36)20-17-14-11-8-5-2/h25-26,30-33,38-40H,4-24H2,1-3H3,(H,34,35)/t25?,26-,30-,31+,32+,33+/m1/s1. The highest BCUT2D eigenvalue weighted by Gasteiger charge is 2.44. The molecule has 0 bridgehead atoms. The van der Waals surface area contributed by atoms with Crippen molar-refractivity contribution in [3.05, 3.63) is 0 Å². The van der Waals surface area contributed by atoms with Crippen LogP contribution in [0.5, 0.6) is 0 Å². The van der Waals surface area contributed by atoms with Gasteiger partial charge in [0.05, 0.1) is 6.61 Å². The van der Waals surface area contributed by atoms with Gasteiger partial charge in [0.25, 0.3) is 0 Å². The number of nitrogens with one attached hydrogen (secondary N) is 1. The molecule has 0 aromatic heterocycles. The average Bonchev–Trinajstić information content (AvgIpc) is 3.01. The van der Waals surface area contributed by atoms with Crippen molar-refractivity contribution in [2.45, 2.75) is 173 Å². The van der Waals surface area contributed by atoms with Crippen molar-refractivity contribution >= 4 is 17.8 Å². The zero-order valence-electron chi connectivity index (χ0n) is 27.5. The predicted molar refractivity (Wildman–Crippen MR) is 167 cm³/mol. The van der Waals surface area contributed by atoms with Crippen LogP contribution in [0.1, 0.15) is 136 Å². The second-order valence-electron chi connectivity index (χ2n) is 11.9. The van der Waals surface area contributed by atoms with E-state index in [1.165, 1.54) is 0 Å². The molecule has 11 heteroatoms. The van der Waals surface area contributed by atoms with Crippen LogP contribution >= 0.6 is 0 Å². The number of rotatable bonds is 26. The number of carbonyl (C=O) groups excluding carboxylic acids is 3. The maximum atomic E-state index is 12.5. The van der Waals surface area contributed by atoms with Gasteiger partial charge in [-0.3, -0.25) is 14.4 Å². The maximum absolute atomic E-state index is 12.5. The first kappa shape index (κ1) is 40.2. The largest absolute Gasteiger partial charge is 0.462 e. The van der Waals surface area contributed by atoms with Gasteiger partial charge in [0, 0.05) is 25.8 Å². The monoisotopic (exact) mass is 631 g/mol. The van der Waals surface area contributed by atoms with Crippen LogP contribution in [0.4, 0.5) is 0 Å². The first-order valence-electron chi connectivity index (χ1n) is 17.2. The van der Waals surface area contributed by atoms with Gasteiger partial charge in [-0.15, -0.1) is 0 Å². The summed E-state index contributed by atoms with van der Waals surface area (Å²) >= 11 is 0. The third-order valence-corrected chi connectivity index (χ3v) is 7.82. The van der Waals surface area contributed by atoms with Crippen LogP contribution in [-0.2, 0) is 33.3 Å². The van der Waals surface area contributed by atoms with Gasteiger partial charge < -0.3 is 39.6 Å². The Bertz CT molecular complexity index is 767. The number of carbonyl (C=O) groups is 3. The molecule has 0 aromatic carbocycles. The lowest BCUT2D eigenvalue weighted by molar-refractivity contribution is -0.299. The number of hydrogen-bond acceptors (Lipinski definition) is 10. The van der Waals surface area contributed by atoms with Crippen LogP contribution in [0.25, 0.3) is 0 Å². The van der Waals surface area contributed by atoms with Crippen molar-refractivity contribution < 1.29 is 48.7 Å². The molecule has 1 saturated heterocycles. The highest BCUT2D eigenvalue weighted by molar-refractivity contribution is 5.75. The second-order valence-corrected chi connectivity index (χ2v) is 11.9. The van der Waals surface area contributed by atoms with Gasteiger partial charge >= 0.3 is 11.9 Å². The molecule has 44 heavy (non-hydrogen) atoms. The van der Waals surface area contributed by atoms with Gasteiger partial charge in [-0.2, -0.15) is 0 Å². The molecule has 258 valence electrons. The quantitative estimate of drug-likeness (QED) is 0.0792. The van der Waals surface area contributed by atoms with Crippen molar-refractivity contribution in [2.75, 3.05) is 19.8 Å². The molecule has 0 saturated carbocycles. The molecule has 11 nitrogen and oxygen atoms in total. The third kappa shape index (κ3) is 18.2. The van der Waals surface area contributed by atoms with Gasteiger partial charge in [0.2, 0.25) is 5.91 Å². The molecule has 1 unspecified atom stereocenters. The Hall–Kier alpha value is -1.79. The smallest absolute Gasteiger partial charge is 0.306 e. The van der Waals surface area contributed by atoms with Gasteiger partial charge in [0.15, 0.2) is 12.4 Å². The zero-order valence-corrected chi connectivity index (χ0v) is 27.5. The van der Waals surface area contributed by atoms with Crippen LogP contribution in [0, 0.1) is 0 Å². The molecule has 4 N–H and O–H groups in total. The van der Waals surface area contributed by atoms with E-state index in [1.807, 2.05) is 0 Å². The van der Waals surface area contributed by atoms with Crippen molar-refractivity contribution in [3.63, 3.8) is 0 Å². The predicted octanol–water partition coefficient (Wildman–Crippen LogP) is 4.46. The summed E-state index contributed by atoms with van der Waals surface area (Å²) in [4.78, 5) is 37.1. The summed E-state index contributed by atoms with van der Waals surface area (Å²) in [6.45, 7) is 5.80. The van der Waals surface area contributed by atoms with Crippen molar-refractivity contribution in [1.82, 2.24) is 5.32 Å². The van der Waals surface area contributed by atoms with E-state index in [0.29, 0.717) is 12.8 Å². The normalized spacial score (nSPS) is 22.4. The summed E-state index contributed by atoms with van der Waals surface area (Å²) in [5.41, 5.74) is 0. The SMILES string of the molecule is CCCCCCCC(=O)NC[C@H]1O[C@H](OCC(COC(=O)CCCCCCC)OC(=O)CCCCCCC)[C@@H](O)[C@@H](O)[C@@H]1O. The zero-order chi connectivity index (χ0) is 32.6. The Morgan fingerprint density at radius 1 is 0.659 bits per heavy atom. The number of amides is 1. The van der Waals surface area contributed by atoms with Crippen molar-refractivity contribution in [3.8, 4) is 0 Å². The van der Waals surface area contributed by atoms with E-state index < -0.39 is 48.7 Å². The van der Waals surface area contributed by atoms with E-state index in [-0.39, 0.29) is 38.5 Å². The Morgan fingerprint density at radius 2 is 1.18 bits per heavy atom. The number of unbranched alkanes of at least 4 members (excludes halogenated alkanes) is 12. The summed E-state index contributed by atoms with van der Waals surface area (Å²) in [6, 6.07) is 0. The van der Waals surface area contributed by atoms with E-state index in [0.717, 1.165) is 89.9 Å². The Labute approximate surface area is 264 Å². The number of ether oxygens (including phenoxy) is 4. The fourth-order valence-corrected chi connectivity index (χ4v) is 4.98. The molecule has 1 aliphatic heterocycles. The van der Waals surface area contributed by atoms with Crippen LogP contribution in [0.3, 0.4) is 0 Å². The number of aliphatic hydroxyl groups excluding tert-OH is 3. The fourth-order valence-electron chi connectivity index (χ4n) is 4.98. The van der Waals surface area contributed by atoms with E-state index >= 15 is 0 Å². The lowest BCUT2D eigenvalue weighted by Gasteiger charge is -2.40. The summed E-state index contributed by atoms with van der Waals surface area (Å²) in [7, 11) is 0. The molecular formula is C33H61NO10. The number of esters is 2. The molecule has 1 fully saturated rings. The van der Waals surface area contributed by atoms with E-state index in [2.05, 4.69) is 26.1 Å². The minimum Gasteiger partial charge on any atom is -0.462 e. The lowest BCUT2D eigenvalue weighted by Crippen LogP contribution is -2.60. The third-order valence-electron chi connectivity index (χ3n) is 7.82. The van der Waals surface area contributed by atoms with Gasteiger partial charge in [-0.1, -0.05) is 97.8 Å². The average molecular weight is 632 g/mol. The molecule has 1 aliphatic rings. The highest BCUT2D eigenvalue weighted by atomic mass is 16.7. The van der Waals surface area contributed by atoms with Crippen molar-refractivity contribution in [2.24, 2.45) is 0 Å². The first-order chi connectivity index (χ1) is 21.2. The van der Waals surface area contributed by atoms with Crippen LogP contribution in [0.15, 0.2) is 0 Å². The van der Waals surface area contributed by atoms with Gasteiger partial charge in [-0.05, 0) is 19.3 Å². The summed E-state index contributed by atoms with van der Waals surface area (Å²) in [6.07, 6.45) is 7.70. The minimum absolute atomic E-state index is 0.0785. The molecule has 0 aliphatic carbocycles.